The number of nitro benzene ring substituents is 1. The molecule has 0 saturated carbocycles. The van der Waals surface area contributed by atoms with Crippen molar-refractivity contribution in [2.24, 2.45) is 0 Å². The molecular weight excluding hydrogens is 496 g/mol. The molecule has 9 nitrogen and oxygen atoms in total. The van der Waals surface area contributed by atoms with Crippen LogP contribution in [-0.4, -0.2) is 43.9 Å². The van der Waals surface area contributed by atoms with Crippen molar-refractivity contribution in [3.63, 3.8) is 0 Å². The number of carbonyl (C=O) groups excluding carboxylic acids is 2. The van der Waals surface area contributed by atoms with Crippen LogP contribution in [0.1, 0.15) is 34.6 Å². The Morgan fingerprint density at radius 1 is 1.03 bits per heavy atom. The second-order valence-electron chi connectivity index (χ2n) is 8.58. The van der Waals surface area contributed by atoms with E-state index < -0.39 is 40.4 Å². The molecular formula is C27H23ClN4O5. The Hall–Kier alpha value is -4.50. The fourth-order valence-corrected chi connectivity index (χ4v) is 4.13. The van der Waals surface area contributed by atoms with Crippen LogP contribution in [0.3, 0.4) is 0 Å². The second kappa shape index (κ2) is 10.6. The van der Waals surface area contributed by atoms with E-state index in [0.717, 1.165) is 6.07 Å². The van der Waals surface area contributed by atoms with Gasteiger partial charge < -0.3 is 4.90 Å². The number of nitrogens with zero attached hydrogens (tertiary/aromatic N) is 3. The number of aromatic amines is 1. The molecule has 0 saturated heterocycles. The number of aromatic nitrogens is 2. The maximum Gasteiger partial charge on any atom is 0.288 e. The summed E-state index contributed by atoms with van der Waals surface area (Å²) in [5, 5.41) is 14.2. The van der Waals surface area contributed by atoms with Gasteiger partial charge in [0.05, 0.1) is 22.8 Å². The Bertz CT molecular complexity index is 1530. The van der Waals surface area contributed by atoms with Gasteiger partial charge in [-0.15, -0.1) is 0 Å². The molecule has 0 atom stereocenters. The van der Waals surface area contributed by atoms with Crippen molar-refractivity contribution in [2.45, 2.75) is 19.9 Å². The van der Waals surface area contributed by atoms with Gasteiger partial charge in [0.2, 0.25) is 0 Å². The van der Waals surface area contributed by atoms with Gasteiger partial charge in [-0.1, -0.05) is 60.1 Å². The molecule has 0 aliphatic carbocycles. The Labute approximate surface area is 217 Å². The lowest BCUT2D eigenvalue weighted by molar-refractivity contribution is -0.384. The number of para-hydroxylation sites is 1. The normalized spacial score (nSPS) is 10.9. The van der Waals surface area contributed by atoms with Crippen LogP contribution in [0.5, 0.6) is 0 Å². The van der Waals surface area contributed by atoms with Gasteiger partial charge in [0.15, 0.2) is 5.78 Å². The zero-order valence-corrected chi connectivity index (χ0v) is 20.8. The highest BCUT2D eigenvalue weighted by molar-refractivity contribution is 6.32. The van der Waals surface area contributed by atoms with Crippen LogP contribution in [0.15, 0.2) is 83.7 Å². The predicted octanol–water partition coefficient (Wildman–Crippen LogP) is 5.13. The highest BCUT2D eigenvalue weighted by Crippen LogP contribution is 2.26. The third-order valence-electron chi connectivity index (χ3n) is 5.83. The molecule has 1 heterocycles. The molecule has 37 heavy (non-hydrogen) atoms. The first-order valence-corrected chi connectivity index (χ1v) is 11.8. The Balaban J connectivity index is 1.75. The summed E-state index contributed by atoms with van der Waals surface area (Å²) in [4.78, 5) is 52.3. The molecule has 0 unspecified atom stereocenters. The van der Waals surface area contributed by atoms with Crippen LogP contribution < -0.4 is 5.56 Å². The first-order chi connectivity index (χ1) is 17.7. The second-order valence-corrected chi connectivity index (χ2v) is 8.98. The number of hydrogen-bond acceptors (Lipinski definition) is 5. The van der Waals surface area contributed by atoms with Crippen molar-refractivity contribution >= 4 is 29.0 Å². The summed E-state index contributed by atoms with van der Waals surface area (Å²) in [6, 6.07) is 21.1. The number of benzene rings is 3. The van der Waals surface area contributed by atoms with E-state index in [1.165, 1.54) is 21.7 Å². The molecule has 3 aromatic carbocycles. The fourth-order valence-electron chi connectivity index (χ4n) is 3.94. The average Bonchev–Trinajstić information content (AvgIpc) is 3.24. The number of hydrogen-bond donors (Lipinski definition) is 1. The lowest BCUT2D eigenvalue weighted by Crippen LogP contribution is -2.41. The molecule has 0 aliphatic rings. The zero-order valence-electron chi connectivity index (χ0n) is 20.1. The van der Waals surface area contributed by atoms with Crippen molar-refractivity contribution in [1.82, 2.24) is 14.7 Å². The monoisotopic (exact) mass is 518 g/mol. The molecule has 1 N–H and O–H groups in total. The highest BCUT2D eigenvalue weighted by Gasteiger charge is 2.29. The predicted molar refractivity (Wildman–Crippen MR) is 140 cm³/mol. The maximum atomic E-state index is 13.6. The third-order valence-corrected chi connectivity index (χ3v) is 6.15. The van der Waals surface area contributed by atoms with Crippen molar-refractivity contribution in [1.29, 1.82) is 0 Å². The molecule has 188 valence electrons. The average molecular weight is 519 g/mol. The number of rotatable bonds is 8. The van der Waals surface area contributed by atoms with E-state index in [2.05, 4.69) is 5.10 Å². The summed E-state index contributed by atoms with van der Waals surface area (Å²) in [6.07, 6.45) is 0. The molecule has 0 radical (unpaired) electrons. The van der Waals surface area contributed by atoms with Crippen LogP contribution in [0.2, 0.25) is 5.02 Å². The summed E-state index contributed by atoms with van der Waals surface area (Å²) in [5.74, 6) is -1.16. The minimum absolute atomic E-state index is 0.0108. The maximum absolute atomic E-state index is 13.6. The number of nitrogens with one attached hydrogen (secondary N) is 1. The molecule has 4 rings (SSSR count). The van der Waals surface area contributed by atoms with E-state index in [0.29, 0.717) is 16.9 Å². The van der Waals surface area contributed by atoms with Crippen molar-refractivity contribution in [3.8, 4) is 16.9 Å². The highest BCUT2D eigenvalue weighted by atomic mass is 35.5. The van der Waals surface area contributed by atoms with E-state index in [-0.39, 0.29) is 16.1 Å². The minimum atomic E-state index is -0.679. The number of Topliss-reactive ketones (excluding diaryl/α,β-unsaturated/α-hetero) is 1. The van der Waals surface area contributed by atoms with Gasteiger partial charge in [-0.3, -0.25) is 29.6 Å². The van der Waals surface area contributed by atoms with E-state index in [1.807, 2.05) is 12.1 Å². The summed E-state index contributed by atoms with van der Waals surface area (Å²) in [7, 11) is 0. The van der Waals surface area contributed by atoms with Crippen LogP contribution in [0.4, 0.5) is 5.69 Å². The van der Waals surface area contributed by atoms with Crippen LogP contribution in [-0.2, 0) is 0 Å². The lowest BCUT2D eigenvalue weighted by atomic mass is 10.0. The van der Waals surface area contributed by atoms with Gasteiger partial charge in [0, 0.05) is 23.2 Å². The number of H-pyrrole nitrogens is 1. The smallest absolute Gasteiger partial charge is 0.288 e. The van der Waals surface area contributed by atoms with Crippen LogP contribution in [0.25, 0.3) is 16.9 Å². The summed E-state index contributed by atoms with van der Waals surface area (Å²) in [6.45, 7) is 3.02. The zero-order chi connectivity index (χ0) is 26.7. The van der Waals surface area contributed by atoms with Crippen molar-refractivity contribution < 1.29 is 14.5 Å². The minimum Gasteiger partial charge on any atom is -0.329 e. The van der Waals surface area contributed by atoms with Gasteiger partial charge in [-0.2, -0.15) is 0 Å². The molecule has 0 fully saturated rings. The number of amides is 1. The van der Waals surface area contributed by atoms with E-state index >= 15 is 0 Å². The van der Waals surface area contributed by atoms with Crippen molar-refractivity contribution in [3.05, 3.63) is 115 Å². The van der Waals surface area contributed by atoms with Crippen LogP contribution in [0, 0.1) is 10.1 Å². The summed E-state index contributed by atoms with van der Waals surface area (Å²) >= 11 is 5.89. The van der Waals surface area contributed by atoms with Gasteiger partial charge >= 0.3 is 0 Å². The van der Waals surface area contributed by atoms with E-state index in [9.17, 15) is 24.5 Å². The lowest BCUT2D eigenvalue weighted by Gasteiger charge is -2.26. The topological polar surface area (TPSA) is 118 Å². The van der Waals surface area contributed by atoms with Gasteiger partial charge in [0.25, 0.3) is 17.2 Å². The molecule has 0 aliphatic heterocycles. The van der Waals surface area contributed by atoms with E-state index in [1.54, 1.807) is 62.4 Å². The van der Waals surface area contributed by atoms with Gasteiger partial charge in [-0.05, 0) is 38.1 Å². The summed E-state index contributed by atoms with van der Waals surface area (Å²) < 4.78 is 1.29. The van der Waals surface area contributed by atoms with Gasteiger partial charge in [-0.25, -0.2) is 4.68 Å². The fraction of sp³-hybridized carbons (Fsp3) is 0.148. The molecule has 1 amide bonds. The molecule has 1 aromatic heterocycles. The quantitative estimate of drug-likeness (QED) is 0.197. The van der Waals surface area contributed by atoms with Crippen LogP contribution >= 0.6 is 11.6 Å². The third kappa shape index (κ3) is 5.22. The Morgan fingerprint density at radius 2 is 1.65 bits per heavy atom. The molecule has 0 bridgehead atoms. The number of carbonyl (C=O) groups is 2. The Kier molecular flexibility index (Phi) is 7.35. The summed E-state index contributed by atoms with van der Waals surface area (Å²) in [5.41, 5.74) is 0.478. The molecule has 10 heteroatoms. The Morgan fingerprint density at radius 3 is 2.24 bits per heavy atom. The number of ketones is 1. The number of halogens is 1. The first-order valence-electron chi connectivity index (χ1n) is 11.4. The largest absolute Gasteiger partial charge is 0.329 e. The van der Waals surface area contributed by atoms with E-state index in [4.69, 9.17) is 11.6 Å². The standard InChI is InChI=1S/C27H23ClN4O5/c1-17(2)30(26(34)19-13-14-21(28)22(15-19)32(36)37)16-23(33)24-25(18-9-5-3-6-10-18)29-31(27(24)35)20-11-7-4-8-12-20/h3-15,17,29H,16H2,1-2H3. The van der Waals surface area contributed by atoms with Crippen molar-refractivity contribution in [2.75, 3.05) is 6.54 Å². The molecule has 0 spiro atoms. The number of nitro groups is 1. The first kappa shape index (κ1) is 25.6. The molecule has 4 aromatic rings. The SMILES string of the molecule is CC(C)N(CC(=O)c1c(-c2ccccc2)[nH]n(-c2ccccc2)c1=O)C(=O)c1ccc(Cl)c([N+](=O)[O-])c1. The van der Waals surface area contributed by atoms with Gasteiger partial charge in [0.1, 0.15) is 10.6 Å².